The third-order valence-electron chi connectivity index (χ3n) is 4.81. The Balaban J connectivity index is 1.41. The number of benzene rings is 1. The van der Waals surface area contributed by atoms with Gasteiger partial charge in [-0.15, -0.1) is 0 Å². The first kappa shape index (κ1) is 17.5. The van der Waals surface area contributed by atoms with Crippen molar-refractivity contribution >= 4 is 6.03 Å². The predicted octanol–water partition coefficient (Wildman–Crippen LogP) is 3.65. The Bertz CT molecular complexity index is 652. The van der Waals surface area contributed by atoms with Crippen molar-refractivity contribution in [1.82, 2.24) is 15.5 Å². The summed E-state index contributed by atoms with van der Waals surface area (Å²) in [4.78, 5) is 14.4. The highest BCUT2D eigenvalue weighted by atomic mass is 16.3. The molecule has 1 aliphatic heterocycles. The van der Waals surface area contributed by atoms with Crippen LogP contribution in [0.2, 0.25) is 0 Å². The molecule has 2 aromatic rings. The van der Waals surface area contributed by atoms with Gasteiger partial charge in [-0.25, -0.2) is 4.79 Å². The van der Waals surface area contributed by atoms with Gasteiger partial charge in [0, 0.05) is 19.1 Å². The molecule has 1 fully saturated rings. The first-order chi connectivity index (χ1) is 12.2. The van der Waals surface area contributed by atoms with E-state index in [4.69, 9.17) is 4.42 Å². The molecule has 5 heteroatoms. The van der Waals surface area contributed by atoms with Crippen LogP contribution >= 0.6 is 0 Å². The summed E-state index contributed by atoms with van der Waals surface area (Å²) in [7, 11) is 0. The lowest BCUT2D eigenvalue weighted by molar-refractivity contribution is 0.152. The lowest BCUT2D eigenvalue weighted by Crippen LogP contribution is -2.36. The minimum atomic E-state index is -0.192. The number of likely N-dealkylation sites (tertiary alicyclic amines) is 1. The van der Waals surface area contributed by atoms with Crippen molar-refractivity contribution in [3.05, 3.63) is 59.5 Å². The molecule has 2 amide bonds. The number of nitrogens with zero attached hydrogens (tertiary/aromatic N) is 1. The predicted molar refractivity (Wildman–Crippen MR) is 97.9 cm³/mol. The zero-order chi connectivity index (χ0) is 17.5. The second kappa shape index (κ2) is 8.72. The zero-order valence-electron chi connectivity index (χ0n) is 14.8. The number of nitrogens with one attached hydrogen (secondary N) is 2. The quantitative estimate of drug-likeness (QED) is 0.843. The van der Waals surface area contributed by atoms with E-state index >= 15 is 0 Å². The second-order valence-electron chi connectivity index (χ2n) is 6.75. The molecule has 0 radical (unpaired) electrons. The fraction of sp³-hybridized carbons (Fsp3) is 0.450. The summed E-state index contributed by atoms with van der Waals surface area (Å²) in [5, 5.41) is 5.64. The number of rotatable bonds is 6. The number of furan rings is 1. The van der Waals surface area contributed by atoms with Crippen molar-refractivity contribution in [2.45, 2.75) is 51.9 Å². The molecule has 5 nitrogen and oxygen atoms in total. The summed E-state index contributed by atoms with van der Waals surface area (Å²) in [6.45, 7) is 5.44. The molecule has 0 bridgehead atoms. The van der Waals surface area contributed by atoms with Crippen LogP contribution in [0.15, 0.2) is 47.1 Å². The van der Waals surface area contributed by atoms with Crippen LogP contribution in [0.3, 0.4) is 0 Å². The molecule has 0 saturated carbocycles. The minimum Gasteiger partial charge on any atom is -0.467 e. The van der Waals surface area contributed by atoms with E-state index < -0.39 is 0 Å². The molecule has 3 rings (SSSR count). The van der Waals surface area contributed by atoms with Gasteiger partial charge in [0.15, 0.2) is 0 Å². The second-order valence-corrected chi connectivity index (χ2v) is 6.75. The molecule has 1 aromatic heterocycles. The van der Waals surface area contributed by atoms with Crippen LogP contribution in [0.4, 0.5) is 4.79 Å². The largest absolute Gasteiger partial charge is 0.467 e. The van der Waals surface area contributed by atoms with E-state index in [1.165, 1.54) is 31.4 Å². The maximum Gasteiger partial charge on any atom is 0.315 e. The van der Waals surface area contributed by atoms with Crippen LogP contribution in [0.5, 0.6) is 0 Å². The van der Waals surface area contributed by atoms with E-state index in [1.807, 2.05) is 6.07 Å². The van der Waals surface area contributed by atoms with Crippen molar-refractivity contribution in [1.29, 1.82) is 0 Å². The molecule has 134 valence electrons. The Kier molecular flexibility index (Phi) is 6.12. The average molecular weight is 341 g/mol. The maximum absolute atomic E-state index is 11.8. The Morgan fingerprint density at radius 3 is 2.60 bits per heavy atom. The smallest absolute Gasteiger partial charge is 0.315 e. The molecule has 1 atom stereocenters. The Morgan fingerprint density at radius 2 is 1.88 bits per heavy atom. The van der Waals surface area contributed by atoms with E-state index in [9.17, 15) is 4.79 Å². The van der Waals surface area contributed by atoms with Gasteiger partial charge in [-0.05, 0) is 49.6 Å². The lowest BCUT2D eigenvalue weighted by Gasteiger charge is -2.33. The monoisotopic (exact) mass is 341 g/mol. The van der Waals surface area contributed by atoms with Crippen LogP contribution in [-0.4, -0.2) is 23.5 Å². The van der Waals surface area contributed by atoms with E-state index in [2.05, 4.69) is 46.7 Å². The summed E-state index contributed by atoms with van der Waals surface area (Å²) >= 11 is 0. The third kappa shape index (κ3) is 5.36. The van der Waals surface area contributed by atoms with E-state index in [0.717, 1.165) is 17.9 Å². The van der Waals surface area contributed by atoms with Gasteiger partial charge in [0.05, 0.1) is 12.8 Å². The number of urea groups is 1. The van der Waals surface area contributed by atoms with Crippen molar-refractivity contribution in [3.63, 3.8) is 0 Å². The normalized spacial score (nSPS) is 18.0. The van der Waals surface area contributed by atoms with Gasteiger partial charge in [-0.1, -0.05) is 30.7 Å². The molecule has 1 aromatic carbocycles. The van der Waals surface area contributed by atoms with Crippen LogP contribution in [0, 0.1) is 0 Å². The fourth-order valence-electron chi connectivity index (χ4n) is 3.21. The molecule has 0 spiro atoms. The summed E-state index contributed by atoms with van der Waals surface area (Å²) < 4.78 is 5.18. The van der Waals surface area contributed by atoms with Crippen molar-refractivity contribution in [2.75, 3.05) is 6.54 Å². The third-order valence-corrected chi connectivity index (χ3v) is 4.81. The van der Waals surface area contributed by atoms with E-state index in [-0.39, 0.29) is 6.03 Å². The van der Waals surface area contributed by atoms with Crippen molar-refractivity contribution < 1.29 is 9.21 Å². The highest BCUT2D eigenvalue weighted by Gasteiger charge is 2.17. The molecule has 1 aliphatic rings. The molecule has 2 heterocycles. The molecule has 2 N–H and O–H groups in total. The summed E-state index contributed by atoms with van der Waals surface area (Å²) in [5.74, 6) is 0.742. The molecular formula is C20H27N3O2. The Hall–Kier alpha value is -2.27. The van der Waals surface area contributed by atoms with Gasteiger partial charge in [-0.3, -0.25) is 4.90 Å². The maximum atomic E-state index is 11.8. The first-order valence-electron chi connectivity index (χ1n) is 9.06. The lowest BCUT2D eigenvalue weighted by atomic mass is 10.0. The topological polar surface area (TPSA) is 57.5 Å². The number of piperidine rings is 1. The van der Waals surface area contributed by atoms with Crippen LogP contribution in [-0.2, 0) is 19.6 Å². The van der Waals surface area contributed by atoms with Gasteiger partial charge in [-0.2, -0.15) is 0 Å². The molecule has 1 unspecified atom stereocenters. The first-order valence-corrected chi connectivity index (χ1v) is 9.06. The number of hydrogen-bond acceptors (Lipinski definition) is 3. The van der Waals surface area contributed by atoms with E-state index in [1.54, 1.807) is 12.3 Å². The van der Waals surface area contributed by atoms with Gasteiger partial charge < -0.3 is 15.1 Å². The molecule has 0 aliphatic carbocycles. The number of amides is 2. The standard InChI is InChI=1S/C20H27N3O2/c1-16-5-2-3-11-23(16)15-18-9-7-17(8-10-18)13-21-20(24)22-14-19-6-4-12-25-19/h4,6-10,12,16H,2-3,5,11,13-15H2,1H3,(H2,21,22,24). The highest BCUT2D eigenvalue weighted by molar-refractivity contribution is 5.73. The summed E-state index contributed by atoms with van der Waals surface area (Å²) in [6, 6.07) is 12.6. The number of carbonyl (C=O) groups excluding carboxylic acids is 1. The summed E-state index contributed by atoms with van der Waals surface area (Å²) in [5.41, 5.74) is 2.43. The molecule has 25 heavy (non-hydrogen) atoms. The highest BCUT2D eigenvalue weighted by Crippen LogP contribution is 2.19. The number of carbonyl (C=O) groups is 1. The summed E-state index contributed by atoms with van der Waals surface area (Å²) in [6.07, 6.45) is 5.56. The average Bonchev–Trinajstić information content (AvgIpc) is 3.15. The van der Waals surface area contributed by atoms with Crippen LogP contribution in [0.1, 0.15) is 43.1 Å². The number of hydrogen-bond donors (Lipinski definition) is 2. The zero-order valence-corrected chi connectivity index (χ0v) is 14.8. The van der Waals surface area contributed by atoms with E-state index in [0.29, 0.717) is 19.1 Å². The van der Waals surface area contributed by atoms with Gasteiger partial charge in [0.2, 0.25) is 0 Å². The van der Waals surface area contributed by atoms with Crippen LogP contribution < -0.4 is 10.6 Å². The van der Waals surface area contributed by atoms with Gasteiger partial charge >= 0.3 is 6.03 Å². The molecular weight excluding hydrogens is 314 g/mol. The van der Waals surface area contributed by atoms with Crippen molar-refractivity contribution in [3.8, 4) is 0 Å². The minimum absolute atomic E-state index is 0.192. The van der Waals surface area contributed by atoms with Gasteiger partial charge in [0.25, 0.3) is 0 Å². The Morgan fingerprint density at radius 1 is 1.12 bits per heavy atom. The van der Waals surface area contributed by atoms with Gasteiger partial charge in [0.1, 0.15) is 5.76 Å². The fourth-order valence-corrected chi connectivity index (χ4v) is 3.21. The Labute approximate surface area is 149 Å². The van der Waals surface area contributed by atoms with Crippen LogP contribution in [0.25, 0.3) is 0 Å². The van der Waals surface area contributed by atoms with Crippen molar-refractivity contribution in [2.24, 2.45) is 0 Å². The molecule has 1 saturated heterocycles. The SMILES string of the molecule is CC1CCCCN1Cc1ccc(CNC(=O)NCc2ccco2)cc1.